The van der Waals surface area contributed by atoms with Crippen LogP contribution >= 0.6 is 0 Å². The lowest BCUT2D eigenvalue weighted by Crippen LogP contribution is -2.38. The zero-order valence-corrected chi connectivity index (χ0v) is 21.4. The van der Waals surface area contributed by atoms with Crippen molar-refractivity contribution >= 4 is 23.7 Å². The number of rotatable bonds is 11. The van der Waals surface area contributed by atoms with Crippen molar-refractivity contribution in [2.75, 3.05) is 18.4 Å². The first-order valence-electron chi connectivity index (χ1n) is 12.8. The van der Waals surface area contributed by atoms with Crippen molar-refractivity contribution in [1.82, 2.24) is 14.7 Å². The number of halogens is 1. The molecule has 0 saturated carbocycles. The van der Waals surface area contributed by atoms with Crippen LogP contribution in [0.25, 0.3) is 23.0 Å². The summed E-state index contributed by atoms with van der Waals surface area (Å²) in [5.41, 5.74) is 3.05. The van der Waals surface area contributed by atoms with Crippen LogP contribution < -0.4 is 5.32 Å². The molecule has 6 nitrogen and oxygen atoms in total. The molecule has 0 bridgehead atoms. The summed E-state index contributed by atoms with van der Waals surface area (Å²) in [5.74, 6) is -0.497. The van der Waals surface area contributed by atoms with Gasteiger partial charge < -0.3 is 10.2 Å². The van der Waals surface area contributed by atoms with E-state index in [1.54, 1.807) is 33.9 Å². The third-order valence-corrected chi connectivity index (χ3v) is 6.01. The summed E-state index contributed by atoms with van der Waals surface area (Å²) in [7, 11) is 0. The van der Waals surface area contributed by atoms with E-state index in [1.165, 1.54) is 18.2 Å². The van der Waals surface area contributed by atoms with Gasteiger partial charge in [-0.05, 0) is 42.3 Å². The highest BCUT2D eigenvalue weighted by Gasteiger charge is 2.18. The average Bonchev–Trinajstić information content (AvgIpc) is 3.36. The fraction of sp³-hybridized carbons (Fsp3) is 0.194. The Morgan fingerprint density at radius 2 is 1.63 bits per heavy atom. The maximum atomic E-state index is 13.6. The molecule has 4 rings (SSSR count). The van der Waals surface area contributed by atoms with Gasteiger partial charge in [-0.25, -0.2) is 9.07 Å². The summed E-state index contributed by atoms with van der Waals surface area (Å²) >= 11 is 0. The van der Waals surface area contributed by atoms with Crippen molar-refractivity contribution in [2.45, 2.75) is 26.2 Å². The third kappa shape index (κ3) is 7.26. The van der Waals surface area contributed by atoms with Gasteiger partial charge in [0.25, 0.3) is 0 Å². The van der Waals surface area contributed by atoms with Gasteiger partial charge in [0, 0.05) is 24.3 Å². The molecule has 0 aliphatic heterocycles. The van der Waals surface area contributed by atoms with Crippen molar-refractivity contribution < 1.29 is 14.0 Å². The fourth-order valence-electron chi connectivity index (χ4n) is 4.01. The summed E-state index contributed by atoms with van der Waals surface area (Å²) in [5, 5.41) is 7.57. The number of nitrogens with one attached hydrogen (secondary N) is 1. The van der Waals surface area contributed by atoms with Crippen LogP contribution in [0.4, 0.5) is 10.2 Å². The molecule has 3 aromatic carbocycles. The van der Waals surface area contributed by atoms with Crippen LogP contribution in [0.5, 0.6) is 0 Å². The Morgan fingerprint density at radius 3 is 2.32 bits per heavy atom. The van der Waals surface area contributed by atoms with Gasteiger partial charge in [-0.2, -0.15) is 5.10 Å². The van der Waals surface area contributed by atoms with Gasteiger partial charge in [0.1, 0.15) is 18.2 Å². The second-order valence-corrected chi connectivity index (χ2v) is 8.93. The summed E-state index contributed by atoms with van der Waals surface area (Å²) in [6.45, 7) is 2.47. The predicted octanol–water partition coefficient (Wildman–Crippen LogP) is 6.35. The summed E-state index contributed by atoms with van der Waals surface area (Å²) < 4.78 is 15.1. The molecule has 1 heterocycles. The average molecular weight is 511 g/mol. The Kier molecular flexibility index (Phi) is 9.18. The molecule has 0 unspecified atom stereocenters. The van der Waals surface area contributed by atoms with Crippen LogP contribution in [-0.2, 0) is 9.59 Å². The molecule has 0 radical (unpaired) electrons. The molecule has 0 fully saturated rings. The number of amides is 2. The van der Waals surface area contributed by atoms with Crippen molar-refractivity contribution in [3.63, 3.8) is 0 Å². The molecule has 38 heavy (non-hydrogen) atoms. The van der Waals surface area contributed by atoms with Gasteiger partial charge in [0.15, 0.2) is 0 Å². The van der Waals surface area contributed by atoms with E-state index in [0.29, 0.717) is 23.7 Å². The molecule has 0 aliphatic carbocycles. The summed E-state index contributed by atoms with van der Waals surface area (Å²) in [6.07, 6.45) is 6.03. The number of aromatic nitrogens is 2. The van der Waals surface area contributed by atoms with Crippen LogP contribution in [0, 0.1) is 5.82 Å². The number of benzene rings is 3. The number of hydrogen-bond donors (Lipinski definition) is 1. The Morgan fingerprint density at radius 1 is 0.947 bits per heavy atom. The summed E-state index contributed by atoms with van der Waals surface area (Å²) in [6, 6.07) is 26.8. The van der Waals surface area contributed by atoms with Gasteiger partial charge in [0.2, 0.25) is 11.8 Å². The van der Waals surface area contributed by atoms with E-state index in [-0.39, 0.29) is 24.2 Å². The predicted molar refractivity (Wildman–Crippen MR) is 149 cm³/mol. The van der Waals surface area contributed by atoms with Gasteiger partial charge >= 0.3 is 0 Å². The van der Waals surface area contributed by atoms with E-state index in [1.807, 2.05) is 60.7 Å². The first kappa shape index (κ1) is 26.5. The lowest BCUT2D eigenvalue weighted by molar-refractivity contribution is -0.130. The molecule has 1 N–H and O–H groups in total. The van der Waals surface area contributed by atoms with Crippen LogP contribution in [0.3, 0.4) is 0 Å². The van der Waals surface area contributed by atoms with E-state index < -0.39 is 0 Å². The Balaban J connectivity index is 1.54. The Bertz CT molecular complexity index is 1370. The van der Waals surface area contributed by atoms with Crippen molar-refractivity contribution in [1.29, 1.82) is 0 Å². The van der Waals surface area contributed by atoms with Crippen molar-refractivity contribution in [3.05, 3.63) is 108 Å². The number of carbonyl (C=O) groups is 2. The maximum Gasteiger partial charge on any atom is 0.247 e. The van der Waals surface area contributed by atoms with E-state index in [0.717, 1.165) is 30.4 Å². The SMILES string of the molecule is CCCCCN(CC(=O)Nc1cc(-c2ccccc2)nn1-c1ccc(F)cc1)C(=O)C=Cc1ccccc1. The van der Waals surface area contributed by atoms with E-state index in [9.17, 15) is 14.0 Å². The highest BCUT2D eigenvalue weighted by molar-refractivity contribution is 5.98. The Labute approximate surface area is 222 Å². The van der Waals surface area contributed by atoms with Gasteiger partial charge in [-0.15, -0.1) is 0 Å². The standard InChI is InChI=1S/C31H31FN4O2/c1-2-3-10-21-35(31(38)20-15-24-11-6-4-7-12-24)23-30(37)33-29-22-28(25-13-8-5-9-14-25)34-36(29)27-18-16-26(32)17-19-27/h4-9,11-20,22H,2-3,10,21,23H2,1H3,(H,33,37). The number of hydrogen-bond acceptors (Lipinski definition) is 3. The van der Waals surface area contributed by atoms with Gasteiger partial charge in [-0.1, -0.05) is 80.4 Å². The number of anilines is 1. The molecule has 0 atom stereocenters. The zero-order chi connectivity index (χ0) is 26.7. The molecular weight excluding hydrogens is 479 g/mol. The molecule has 194 valence electrons. The smallest absolute Gasteiger partial charge is 0.247 e. The highest BCUT2D eigenvalue weighted by Crippen LogP contribution is 2.25. The van der Waals surface area contributed by atoms with E-state index in [2.05, 4.69) is 17.3 Å². The van der Waals surface area contributed by atoms with Crippen LogP contribution in [0.15, 0.2) is 97.1 Å². The normalized spacial score (nSPS) is 11.0. The molecule has 4 aromatic rings. The minimum Gasteiger partial charge on any atom is -0.330 e. The van der Waals surface area contributed by atoms with Gasteiger partial charge in [0.05, 0.1) is 11.4 Å². The van der Waals surface area contributed by atoms with Crippen LogP contribution in [0.2, 0.25) is 0 Å². The lowest BCUT2D eigenvalue weighted by Gasteiger charge is -2.21. The Hall–Kier alpha value is -4.52. The first-order chi connectivity index (χ1) is 18.5. The molecule has 0 spiro atoms. The van der Waals surface area contributed by atoms with Crippen LogP contribution in [-0.4, -0.2) is 39.6 Å². The van der Waals surface area contributed by atoms with Crippen molar-refractivity contribution in [3.8, 4) is 16.9 Å². The molecule has 0 saturated heterocycles. The number of nitrogens with zero attached hydrogens (tertiary/aromatic N) is 3. The van der Waals surface area contributed by atoms with Crippen LogP contribution in [0.1, 0.15) is 31.7 Å². The molecule has 0 aliphatic rings. The van der Waals surface area contributed by atoms with E-state index in [4.69, 9.17) is 0 Å². The van der Waals surface area contributed by atoms with E-state index >= 15 is 0 Å². The number of unbranched alkanes of at least 4 members (excludes halogenated alkanes) is 2. The summed E-state index contributed by atoms with van der Waals surface area (Å²) in [4.78, 5) is 27.8. The number of carbonyl (C=O) groups excluding carboxylic acids is 2. The first-order valence-corrected chi connectivity index (χ1v) is 12.8. The molecule has 7 heteroatoms. The largest absolute Gasteiger partial charge is 0.330 e. The zero-order valence-electron chi connectivity index (χ0n) is 21.4. The topological polar surface area (TPSA) is 67.2 Å². The monoisotopic (exact) mass is 510 g/mol. The quantitative estimate of drug-likeness (QED) is 0.189. The second-order valence-electron chi connectivity index (χ2n) is 8.93. The molecular formula is C31H31FN4O2. The maximum absolute atomic E-state index is 13.6. The highest BCUT2D eigenvalue weighted by atomic mass is 19.1. The fourth-order valence-corrected chi connectivity index (χ4v) is 4.01. The molecule has 2 amide bonds. The molecule has 1 aromatic heterocycles. The van der Waals surface area contributed by atoms with Gasteiger partial charge in [-0.3, -0.25) is 9.59 Å². The third-order valence-electron chi connectivity index (χ3n) is 6.01. The minimum atomic E-state index is -0.362. The van der Waals surface area contributed by atoms with Crippen molar-refractivity contribution in [2.24, 2.45) is 0 Å². The lowest BCUT2D eigenvalue weighted by atomic mass is 10.1. The second kappa shape index (κ2) is 13.1. The minimum absolute atomic E-state index is 0.100.